The minimum absolute atomic E-state index is 0.299. The van der Waals surface area contributed by atoms with Crippen LogP contribution < -0.4 is 5.32 Å². The summed E-state index contributed by atoms with van der Waals surface area (Å²) in [6.45, 7) is 11.0. The average Bonchev–Trinajstić information content (AvgIpc) is 2.37. The molecule has 20 heavy (non-hydrogen) atoms. The van der Waals surface area contributed by atoms with Gasteiger partial charge in [-0.3, -0.25) is 4.90 Å². The van der Waals surface area contributed by atoms with E-state index < -0.39 is 0 Å². The molecule has 0 spiro atoms. The molecule has 3 nitrogen and oxygen atoms in total. The van der Waals surface area contributed by atoms with Crippen molar-refractivity contribution in [3.63, 3.8) is 0 Å². The molecule has 0 unspecified atom stereocenters. The molecule has 1 rings (SSSR count). The average molecular weight is 277 g/mol. The van der Waals surface area contributed by atoms with Gasteiger partial charge in [-0.05, 0) is 51.5 Å². The highest BCUT2D eigenvalue weighted by atomic mass is 19.1. The van der Waals surface area contributed by atoms with Crippen LogP contribution in [-0.2, 0) is 6.54 Å². The van der Waals surface area contributed by atoms with Crippen LogP contribution in [0.3, 0.4) is 0 Å². The van der Waals surface area contributed by atoms with Crippen LogP contribution in [0.2, 0.25) is 0 Å². The van der Waals surface area contributed by atoms with E-state index >= 15 is 0 Å². The van der Waals surface area contributed by atoms with Gasteiger partial charge in [0.25, 0.3) is 0 Å². The van der Waals surface area contributed by atoms with Crippen molar-refractivity contribution in [3.8, 4) is 6.07 Å². The van der Waals surface area contributed by atoms with Crippen molar-refractivity contribution < 1.29 is 4.39 Å². The Morgan fingerprint density at radius 2 is 1.90 bits per heavy atom. The van der Waals surface area contributed by atoms with Crippen LogP contribution in [0.25, 0.3) is 0 Å². The molecular weight excluding hydrogens is 253 g/mol. The third-order valence-corrected chi connectivity index (χ3v) is 3.38. The Kier molecular flexibility index (Phi) is 6.63. The molecule has 0 aromatic heterocycles. The fourth-order valence-corrected chi connectivity index (χ4v) is 2.36. The molecule has 4 heteroatoms. The van der Waals surface area contributed by atoms with Gasteiger partial charge >= 0.3 is 0 Å². The first-order valence-corrected chi connectivity index (χ1v) is 7.10. The molecule has 110 valence electrons. The lowest BCUT2D eigenvalue weighted by atomic mass is 10.1. The van der Waals surface area contributed by atoms with Crippen LogP contribution >= 0.6 is 0 Å². The minimum atomic E-state index is -0.299. The molecule has 0 heterocycles. The monoisotopic (exact) mass is 277 g/mol. The van der Waals surface area contributed by atoms with Gasteiger partial charge in [-0.25, -0.2) is 4.39 Å². The first-order valence-electron chi connectivity index (χ1n) is 7.10. The van der Waals surface area contributed by atoms with Crippen molar-refractivity contribution in [1.29, 1.82) is 5.26 Å². The molecule has 0 radical (unpaired) electrons. The number of nitriles is 1. The Bertz CT molecular complexity index is 455. The van der Waals surface area contributed by atoms with E-state index in [1.807, 2.05) is 0 Å². The second-order valence-electron chi connectivity index (χ2n) is 5.52. The molecule has 1 aromatic carbocycles. The summed E-state index contributed by atoms with van der Waals surface area (Å²) >= 11 is 0. The molecule has 0 saturated heterocycles. The molecule has 0 atom stereocenters. The van der Waals surface area contributed by atoms with Gasteiger partial charge in [-0.1, -0.05) is 0 Å². The molecule has 0 amide bonds. The third-order valence-electron chi connectivity index (χ3n) is 3.38. The molecule has 0 aliphatic carbocycles. The van der Waals surface area contributed by atoms with Gasteiger partial charge in [-0.2, -0.15) is 5.26 Å². The fourth-order valence-electron chi connectivity index (χ4n) is 2.36. The maximum Gasteiger partial charge on any atom is 0.123 e. The predicted molar refractivity (Wildman–Crippen MR) is 79.8 cm³/mol. The molecule has 1 N–H and O–H groups in total. The van der Waals surface area contributed by atoms with E-state index in [9.17, 15) is 4.39 Å². The summed E-state index contributed by atoms with van der Waals surface area (Å²) in [5, 5.41) is 12.3. The topological polar surface area (TPSA) is 39.1 Å². The van der Waals surface area contributed by atoms with Crippen LogP contribution in [0, 0.1) is 17.1 Å². The highest BCUT2D eigenvalue weighted by molar-refractivity contribution is 5.37. The summed E-state index contributed by atoms with van der Waals surface area (Å²) in [5.41, 5.74) is 1.25. The highest BCUT2D eigenvalue weighted by Crippen LogP contribution is 2.10. The van der Waals surface area contributed by atoms with Crippen molar-refractivity contribution in [2.24, 2.45) is 0 Å². The number of hydrogen-bond donors (Lipinski definition) is 1. The van der Waals surface area contributed by atoms with E-state index in [1.54, 1.807) is 0 Å². The molecule has 1 aromatic rings. The standard InChI is InChI=1S/C16H24FN3/c1-12(2)20(13(3)4)8-7-19-11-15-9-16(17)6-5-14(15)10-18/h5-6,9,12-13,19H,7-8,11H2,1-4H3. The molecule has 0 fully saturated rings. The molecular formula is C16H24FN3. The number of nitrogens with zero attached hydrogens (tertiary/aromatic N) is 2. The van der Waals surface area contributed by atoms with E-state index in [1.165, 1.54) is 18.2 Å². The van der Waals surface area contributed by atoms with E-state index in [4.69, 9.17) is 5.26 Å². The van der Waals surface area contributed by atoms with Crippen LogP contribution in [0.5, 0.6) is 0 Å². The van der Waals surface area contributed by atoms with Crippen LogP contribution in [0.4, 0.5) is 4.39 Å². The van der Waals surface area contributed by atoms with Gasteiger partial charge in [0.05, 0.1) is 11.6 Å². The Morgan fingerprint density at radius 1 is 1.25 bits per heavy atom. The maximum atomic E-state index is 13.2. The van der Waals surface area contributed by atoms with Crippen LogP contribution in [0.1, 0.15) is 38.8 Å². The van der Waals surface area contributed by atoms with E-state index in [0.29, 0.717) is 29.8 Å². The normalized spacial score (nSPS) is 11.3. The second-order valence-corrected chi connectivity index (χ2v) is 5.52. The van der Waals surface area contributed by atoms with Gasteiger partial charge in [0, 0.05) is 31.7 Å². The van der Waals surface area contributed by atoms with Crippen molar-refractivity contribution in [2.45, 2.75) is 46.3 Å². The molecule has 0 bridgehead atoms. The number of nitrogens with one attached hydrogen (secondary N) is 1. The zero-order valence-electron chi connectivity index (χ0n) is 12.8. The van der Waals surface area contributed by atoms with Crippen molar-refractivity contribution >= 4 is 0 Å². The number of benzene rings is 1. The van der Waals surface area contributed by atoms with Gasteiger partial charge in [0.15, 0.2) is 0 Å². The lowest BCUT2D eigenvalue weighted by Crippen LogP contribution is -2.41. The van der Waals surface area contributed by atoms with Gasteiger partial charge in [0.2, 0.25) is 0 Å². The smallest absolute Gasteiger partial charge is 0.123 e. The first kappa shape index (κ1) is 16.6. The lowest BCUT2D eigenvalue weighted by Gasteiger charge is -2.30. The second kappa shape index (κ2) is 7.98. The van der Waals surface area contributed by atoms with E-state index in [0.717, 1.165) is 13.1 Å². The maximum absolute atomic E-state index is 13.2. The number of halogens is 1. The highest BCUT2D eigenvalue weighted by Gasteiger charge is 2.12. The minimum Gasteiger partial charge on any atom is -0.311 e. The summed E-state index contributed by atoms with van der Waals surface area (Å²) in [6, 6.07) is 7.37. The van der Waals surface area contributed by atoms with Gasteiger partial charge in [-0.15, -0.1) is 0 Å². The predicted octanol–water partition coefficient (Wildman–Crippen LogP) is 2.91. The van der Waals surface area contributed by atoms with Crippen LogP contribution in [-0.4, -0.2) is 30.1 Å². The number of hydrogen-bond acceptors (Lipinski definition) is 3. The quantitative estimate of drug-likeness (QED) is 0.779. The largest absolute Gasteiger partial charge is 0.311 e. The first-order chi connectivity index (χ1) is 9.45. The summed E-state index contributed by atoms with van der Waals surface area (Å²) in [5.74, 6) is -0.299. The van der Waals surface area contributed by atoms with Crippen LogP contribution in [0.15, 0.2) is 18.2 Å². The zero-order valence-corrected chi connectivity index (χ0v) is 12.8. The molecule has 0 saturated carbocycles. The van der Waals surface area contributed by atoms with Crippen molar-refractivity contribution in [1.82, 2.24) is 10.2 Å². The molecule has 0 aliphatic rings. The Balaban J connectivity index is 2.49. The van der Waals surface area contributed by atoms with Crippen molar-refractivity contribution in [3.05, 3.63) is 35.1 Å². The Morgan fingerprint density at radius 3 is 2.45 bits per heavy atom. The zero-order chi connectivity index (χ0) is 15.1. The Labute approximate surface area is 121 Å². The summed E-state index contributed by atoms with van der Waals surface area (Å²) < 4.78 is 13.2. The SMILES string of the molecule is CC(C)N(CCNCc1cc(F)ccc1C#N)C(C)C. The van der Waals surface area contributed by atoms with Crippen molar-refractivity contribution in [2.75, 3.05) is 13.1 Å². The summed E-state index contributed by atoms with van der Waals surface area (Å²) in [6.07, 6.45) is 0. The number of rotatable bonds is 7. The van der Waals surface area contributed by atoms with Gasteiger partial charge < -0.3 is 5.32 Å². The lowest BCUT2D eigenvalue weighted by molar-refractivity contribution is 0.176. The summed E-state index contributed by atoms with van der Waals surface area (Å²) in [4.78, 5) is 2.39. The van der Waals surface area contributed by atoms with Gasteiger partial charge in [0.1, 0.15) is 5.82 Å². The van der Waals surface area contributed by atoms with E-state index in [-0.39, 0.29) is 5.82 Å². The Hall–Kier alpha value is -1.44. The summed E-state index contributed by atoms with van der Waals surface area (Å²) in [7, 11) is 0. The van der Waals surface area contributed by atoms with E-state index in [2.05, 4.69) is 44.0 Å². The third kappa shape index (κ3) is 4.92. The molecule has 0 aliphatic heterocycles. The fraction of sp³-hybridized carbons (Fsp3) is 0.562.